The van der Waals surface area contributed by atoms with E-state index in [1.54, 1.807) is 0 Å². The van der Waals surface area contributed by atoms with Crippen LogP contribution in [0.4, 0.5) is 0 Å². The van der Waals surface area contributed by atoms with Crippen LogP contribution in [-0.2, 0) is 6.42 Å². The van der Waals surface area contributed by atoms with Crippen LogP contribution in [0.25, 0.3) is 0 Å². The van der Waals surface area contributed by atoms with E-state index in [0.29, 0.717) is 22.7 Å². The van der Waals surface area contributed by atoms with Gasteiger partial charge in [0.25, 0.3) is 0 Å². The van der Waals surface area contributed by atoms with Crippen molar-refractivity contribution >= 4 is 23.2 Å². The van der Waals surface area contributed by atoms with Gasteiger partial charge in [-0.2, -0.15) is 0 Å². The van der Waals surface area contributed by atoms with Gasteiger partial charge in [0.05, 0.1) is 12.5 Å². The minimum Gasteiger partial charge on any atom is -0.493 e. The molecule has 1 unspecified atom stereocenters. The number of hydrogen-bond donors (Lipinski definition) is 0. The van der Waals surface area contributed by atoms with Crippen molar-refractivity contribution < 1.29 is 4.74 Å². The predicted molar refractivity (Wildman–Crippen MR) is 70.4 cm³/mol. The molecule has 2 aromatic rings. The molecular formula is C13H10Cl2N2O. The number of hydrogen-bond acceptors (Lipinski definition) is 3. The molecule has 0 spiro atoms. The molecular weight excluding hydrogens is 271 g/mol. The van der Waals surface area contributed by atoms with Crippen LogP contribution >= 0.6 is 23.2 Å². The summed E-state index contributed by atoms with van der Waals surface area (Å²) >= 11 is 11.8. The summed E-state index contributed by atoms with van der Waals surface area (Å²) in [7, 11) is 0. The zero-order valence-electron chi connectivity index (χ0n) is 9.44. The Morgan fingerprint density at radius 3 is 2.61 bits per heavy atom. The van der Waals surface area contributed by atoms with Crippen molar-refractivity contribution in [3.8, 4) is 5.75 Å². The van der Waals surface area contributed by atoms with Gasteiger partial charge in [-0.25, -0.2) is 9.97 Å². The van der Waals surface area contributed by atoms with Gasteiger partial charge in [-0.1, -0.05) is 41.4 Å². The maximum absolute atomic E-state index is 5.89. The molecule has 2 heterocycles. The summed E-state index contributed by atoms with van der Waals surface area (Å²) in [4.78, 5) is 8.44. The number of fused-ring (bicyclic) bond motifs is 1. The van der Waals surface area contributed by atoms with E-state index in [1.165, 1.54) is 6.07 Å². The van der Waals surface area contributed by atoms with Crippen molar-refractivity contribution in [2.24, 2.45) is 0 Å². The molecule has 18 heavy (non-hydrogen) atoms. The molecule has 0 bridgehead atoms. The molecule has 1 aliphatic heterocycles. The average Bonchev–Trinajstić information content (AvgIpc) is 2.37. The average molecular weight is 281 g/mol. The third kappa shape index (κ3) is 2.28. The largest absolute Gasteiger partial charge is 0.493 e. The highest BCUT2D eigenvalue weighted by molar-refractivity contribution is 6.33. The second kappa shape index (κ2) is 4.75. The van der Waals surface area contributed by atoms with Gasteiger partial charge in [0, 0.05) is 6.07 Å². The van der Waals surface area contributed by atoms with Crippen molar-refractivity contribution in [3.05, 3.63) is 52.0 Å². The van der Waals surface area contributed by atoms with Crippen LogP contribution in [0.2, 0.25) is 10.3 Å². The van der Waals surface area contributed by atoms with Crippen LogP contribution in [0.1, 0.15) is 17.3 Å². The number of benzene rings is 1. The van der Waals surface area contributed by atoms with E-state index < -0.39 is 0 Å². The molecule has 0 saturated carbocycles. The summed E-state index contributed by atoms with van der Waals surface area (Å²) in [6.45, 7) is 0.549. The van der Waals surface area contributed by atoms with Crippen LogP contribution < -0.4 is 4.74 Å². The van der Waals surface area contributed by atoms with E-state index in [9.17, 15) is 0 Å². The predicted octanol–water partition coefficient (Wildman–Crippen LogP) is 3.50. The summed E-state index contributed by atoms with van der Waals surface area (Å²) in [5.41, 5.74) is 1.16. The molecule has 1 aliphatic rings. The molecule has 0 aliphatic carbocycles. The Hall–Kier alpha value is -1.32. The number of halogens is 2. The van der Waals surface area contributed by atoms with Gasteiger partial charge in [0.15, 0.2) is 0 Å². The number of aromatic nitrogens is 2. The summed E-state index contributed by atoms with van der Waals surface area (Å²) < 4.78 is 5.70. The second-order valence-corrected chi connectivity index (χ2v) is 4.97. The molecule has 0 saturated heterocycles. The Labute approximate surface area is 115 Å². The van der Waals surface area contributed by atoms with Crippen LogP contribution in [-0.4, -0.2) is 16.6 Å². The lowest BCUT2D eigenvalue weighted by Gasteiger charge is -2.24. The van der Waals surface area contributed by atoms with Gasteiger partial charge in [0.1, 0.15) is 21.9 Å². The third-order valence-electron chi connectivity index (χ3n) is 2.93. The standard InChI is InChI=1S/C13H10Cl2N2O/c14-11-6-12(15)17-13(16-11)9-5-8-3-1-2-4-10(8)18-7-9/h1-4,6,9H,5,7H2. The molecule has 0 amide bonds. The van der Waals surface area contributed by atoms with Gasteiger partial charge in [-0.05, 0) is 18.1 Å². The lowest BCUT2D eigenvalue weighted by molar-refractivity contribution is 0.257. The molecule has 1 aromatic carbocycles. The Balaban J connectivity index is 1.91. The first-order valence-electron chi connectivity index (χ1n) is 5.63. The number of ether oxygens (including phenoxy) is 1. The number of nitrogens with zero attached hydrogens (tertiary/aromatic N) is 2. The molecule has 1 aromatic heterocycles. The Bertz CT molecular complexity index is 569. The minimum atomic E-state index is 0.0936. The fourth-order valence-electron chi connectivity index (χ4n) is 2.08. The summed E-state index contributed by atoms with van der Waals surface area (Å²) in [5, 5.41) is 0.729. The Morgan fingerprint density at radius 1 is 1.11 bits per heavy atom. The van der Waals surface area contributed by atoms with E-state index in [2.05, 4.69) is 9.97 Å². The number of rotatable bonds is 1. The monoisotopic (exact) mass is 280 g/mol. The van der Waals surface area contributed by atoms with Gasteiger partial charge >= 0.3 is 0 Å². The van der Waals surface area contributed by atoms with E-state index in [1.807, 2.05) is 24.3 Å². The smallest absolute Gasteiger partial charge is 0.138 e. The Morgan fingerprint density at radius 2 is 1.83 bits per heavy atom. The quantitative estimate of drug-likeness (QED) is 0.750. The van der Waals surface area contributed by atoms with E-state index >= 15 is 0 Å². The lowest BCUT2D eigenvalue weighted by Crippen LogP contribution is -2.21. The Kier molecular flexibility index (Phi) is 3.10. The van der Waals surface area contributed by atoms with Crippen molar-refractivity contribution in [3.63, 3.8) is 0 Å². The first-order valence-corrected chi connectivity index (χ1v) is 6.38. The first-order chi connectivity index (χ1) is 8.72. The van der Waals surface area contributed by atoms with E-state index in [0.717, 1.165) is 17.7 Å². The zero-order chi connectivity index (χ0) is 12.5. The molecule has 3 rings (SSSR count). The summed E-state index contributed by atoms with van der Waals surface area (Å²) in [5.74, 6) is 1.67. The molecule has 0 fully saturated rings. The fourth-order valence-corrected chi connectivity index (χ4v) is 2.52. The van der Waals surface area contributed by atoms with Gasteiger partial charge in [0.2, 0.25) is 0 Å². The molecule has 0 radical (unpaired) electrons. The van der Waals surface area contributed by atoms with E-state index in [4.69, 9.17) is 27.9 Å². The zero-order valence-corrected chi connectivity index (χ0v) is 10.9. The van der Waals surface area contributed by atoms with E-state index in [-0.39, 0.29) is 5.92 Å². The fraction of sp³-hybridized carbons (Fsp3) is 0.231. The third-order valence-corrected chi connectivity index (χ3v) is 3.31. The van der Waals surface area contributed by atoms with Crippen molar-refractivity contribution in [2.45, 2.75) is 12.3 Å². The highest BCUT2D eigenvalue weighted by atomic mass is 35.5. The maximum Gasteiger partial charge on any atom is 0.138 e. The highest BCUT2D eigenvalue weighted by Crippen LogP contribution is 2.31. The summed E-state index contributed by atoms with van der Waals surface area (Å²) in [6, 6.07) is 9.51. The lowest BCUT2D eigenvalue weighted by atomic mass is 9.96. The maximum atomic E-state index is 5.89. The molecule has 92 valence electrons. The topological polar surface area (TPSA) is 35.0 Å². The molecule has 5 heteroatoms. The van der Waals surface area contributed by atoms with Crippen LogP contribution in [0.3, 0.4) is 0 Å². The van der Waals surface area contributed by atoms with Gasteiger partial charge < -0.3 is 4.74 Å². The van der Waals surface area contributed by atoms with Crippen molar-refractivity contribution in [2.75, 3.05) is 6.61 Å². The normalized spacial score (nSPS) is 18.0. The molecule has 3 nitrogen and oxygen atoms in total. The minimum absolute atomic E-state index is 0.0936. The molecule has 1 atom stereocenters. The van der Waals surface area contributed by atoms with Crippen LogP contribution in [0.5, 0.6) is 5.75 Å². The van der Waals surface area contributed by atoms with Crippen LogP contribution in [0, 0.1) is 0 Å². The SMILES string of the molecule is Clc1cc(Cl)nc(C2COc3ccccc3C2)n1. The van der Waals surface area contributed by atoms with Crippen LogP contribution in [0.15, 0.2) is 30.3 Å². The number of para-hydroxylation sites is 1. The highest BCUT2D eigenvalue weighted by Gasteiger charge is 2.23. The van der Waals surface area contributed by atoms with Crippen molar-refractivity contribution in [1.29, 1.82) is 0 Å². The van der Waals surface area contributed by atoms with Gasteiger partial charge in [-0.15, -0.1) is 0 Å². The molecule has 0 N–H and O–H groups in total. The second-order valence-electron chi connectivity index (χ2n) is 4.19. The van der Waals surface area contributed by atoms with Crippen molar-refractivity contribution in [1.82, 2.24) is 9.97 Å². The van der Waals surface area contributed by atoms with Gasteiger partial charge in [-0.3, -0.25) is 0 Å². The summed E-state index contributed by atoms with van der Waals surface area (Å²) in [6.07, 6.45) is 0.840. The first kappa shape index (κ1) is 11.8.